The van der Waals surface area contributed by atoms with Crippen molar-refractivity contribution in [3.05, 3.63) is 88.4 Å². The number of benzene rings is 3. The van der Waals surface area contributed by atoms with Gasteiger partial charge in [-0.25, -0.2) is 5.14 Å². The number of ether oxygens (including phenoxy) is 1. The molecule has 0 bridgehead atoms. The molecular weight excluding hydrogens is 466 g/mol. The number of halogens is 1. The number of hydrogen-bond acceptors (Lipinski definition) is 5. The zero-order chi connectivity index (χ0) is 21.3. The Morgan fingerprint density at radius 3 is 2.40 bits per heavy atom. The maximum absolute atomic E-state index is 11.7. The molecule has 1 heterocycles. The molecule has 0 aromatic heterocycles. The minimum absolute atomic E-state index is 0.0125. The lowest BCUT2D eigenvalue weighted by Crippen LogP contribution is -2.56. The van der Waals surface area contributed by atoms with Gasteiger partial charge in [0, 0.05) is 16.5 Å². The summed E-state index contributed by atoms with van der Waals surface area (Å²) in [4.78, 5) is 0.183. The Morgan fingerprint density at radius 1 is 1.07 bits per heavy atom. The van der Waals surface area contributed by atoms with E-state index in [4.69, 9.17) is 9.84 Å². The van der Waals surface area contributed by atoms with Crippen LogP contribution in [0, 0.1) is 0 Å². The van der Waals surface area contributed by atoms with E-state index < -0.39 is 10.0 Å². The van der Waals surface area contributed by atoms with Crippen molar-refractivity contribution in [3.8, 4) is 5.75 Å². The van der Waals surface area contributed by atoms with E-state index in [1.807, 2.05) is 41.4 Å². The van der Waals surface area contributed by atoms with Gasteiger partial charge in [0.2, 0.25) is 0 Å². The highest BCUT2D eigenvalue weighted by molar-refractivity contribution is 9.10. The Labute approximate surface area is 184 Å². The maximum Gasteiger partial charge on any atom is 0.322 e. The van der Waals surface area contributed by atoms with Crippen LogP contribution < -0.4 is 14.9 Å². The lowest BCUT2D eigenvalue weighted by Gasteiger charge is -2.24. The van der Waals surface area contributed by atoms with Crippen molar-refractivity contribution < 1.29 is 18.3 Å². The molecule has 1 unspecified atom stereocenters. The van der Waals surface area contributed by atoms with E-state index in [2.05, 4.69) is 33.2 Å². The second-order valence-corrected chi connectivity index (χ2v) is 9.62. The number of sulfonamides is 1. The molecule has 30 heavy (non-hydrogen) atoms. The lowest BCUT2D eigenvalue weighted by molar-refractivity contribution is -0.164. The zero-order valence-electron chi connectivity index (χ0n) is 16.3. The Kier molecular flexibility index (Phi) is 5.64. The summed E-state index contributed by atoms with van der Waals surface area (Å²) in [5.74, 6) is 0.777. The Bertz CT molecular complexity index is 1190. The predicted octanol–water partition coefficient (Wildman–Crippen LogP) is 3.74. The molecule has 0 aliphatic carbocycles. The van der Waals surface area contributed by atoms with E-state index >= 15 is 0 Å². The van der Waals surface area contributed by atoms with Crippen molar-refractivity contribution in [2.75, 3.05) is 12.1 Å². The molecule has 1 aliphatic rings. The van der Waals surface area contributed by atoms with Crippen molar-refractivity contribution in [1.82, 2.24) is 0 Å². The summed E-state index contributed by atoms with van der Waals surface area (Å²) in [6.07, 6.45) is 0.712. The van der Waals surface area contributed by atoms with Crippen LogP contribution in [0.25, 0.3) is 0 Å². The van der Waals surface area contributed by atoms with E-state index in [0.29, 0.717) is 6.42 Å². The molecule has 1 aliphatic heterocycles. The molecule has 154 valence electrons. The average molecular weight is 487 g/mol. The van der Waals surface area contributed by atoms with Crippen LogP contribution in [0.2, 0.25) is 0 Å². The first-order chi connectivity index (χ1) is 14.3. The maximum atomic E-state index is 11.7. The van der Waals surface area contributed by atoms with Crippen molar-refractivity contribution in [1.29, 1.82) is 0 Å². The molecule has 3 N–H and O–H groups in total. The van der Waals surface area contributed by atoms with Crippen molar-refractivity contribution in [2.45, 2.75) is 17.4 Å². The predicted molar refractivity (Wildman–Crippen MR) is 120 cm³/mol. The van der Waals surface area contributed by atoms with E-state index in [1.54, 1.807) is 31.4 Å². The molecule has 0 saturated heterocycles. The fourth-order valence-corrected chi connectivity index (χ4v) is 4.29. The normalized spacial score (nSPS) is 16.4. The highest BCUT2D eigenvalue weighted by Gasteiger charge is 2.30. The van der Waals surface area contributed by atoms with Gasteiger partial charge in [-0.15, -0.1) is 0 Å². The first kappa shape index (κ1) is 20.6. The molecule has 0 fully saturated rings. The van der Waals surface area contributed by atoms with Crippen LogP contribution >= 0.6 is 15.9 Å². The molecule has 0 radical (unpaired) electrons. The minimum Gasteiger partial charge on any atom is -0.497 e. The van der Waals surface area contributed by atoms with Crippen LogP contribution in [-0.4, -0.2) is 21.2 Å². The number of quaternary nitrogens is 1. The Hall–Kier alpha value is -2.68. The van der Waals surface area contributed by atoms with Crippen LogP contribution in [0.1, 0.15) is 23.6 Å². The monoisotopic (exact) mass is 486 g/mol. The first-order valence-electron chi connectivity index (χ1n) is 9.30. The van der Waals surface area contributed by atoms with Gasteiger partial charge in [0.25, 0.3) is 0 Å². The van der Waals surface area contributed by atoms with E-state index in [9.17, 15) is 8.42 Å². The number of hydrazone groups is 1. The van der Waals surface area contributed by atoms with Crippen LogP contribution in [0.5, 0.6) is 5.75 Å². The van der Waals surface area contributed by atoms with E-state index in [-0.39, 0.29) is 10.9 Å². The molecule has 3 aromatic carbocycles. The fraction of sp³-hybridized carbons (Fsp3) is 0.136. The van der Waals surface area contributed by atoms with Gasteiger partial charge in [0.1, 0.15) is 10.6 Å². The molecule has 0 saturated carbocycles. The summed E-state index contributed by atoms with van der Waals surface area (Å²) in [6, 6.07) is 22.6. The average Bonchev–Trinajstić information content (AvgIpc) is 3.19. The third-order valence-corrected chi connectivity index (χ3v) is 6.55. The van der Waals surface area contributed by atoms with Gasteiger partial charge in [-0.2, -0.15) is 13.5 Å². The summed E-state index contributed by atoms with van der Waals surface area (Å²) < 4.78 is 29.8. The zero-order valence-corrected chi connectivity index (χ0v) is 18.7. The van der Waals surface area contributed by atoms with Crippen molar-refractivity contribution >= 4 is 37.4 Å². The smallest absolute Gasteiger partial charge is 0.322 e. The summed E-state index contributed by atoms with van der Waals surface area (Å²) in [6.45, 7) is 0. The quantitative estimate of drug-likeness (QED) is 0.594. The summed E-state index contributed by atoms with van der Waals surface area (Å²) in [7, 11) is -1.85. The minimum atomic E-state index is -3.50. The second kappa shape index (κ2) is 8.22. The number of rotatable bonds is 5. The molecule has 3 aromatic rings. The highest BCUT2D eigenvalue weighted by Crippen LogP contribution is 2.37. The number of nitrogens with zero attached hydrogens (tertiary/aromatic N) is 2. The van der Waals surface area contributed by atoms with Crippen molar-refractivity contribution in [3.63, 3.8) is 0 Å². The van der Waals surface area contributed by atoms with Gasteiger partial charge in [-0.1, -0.05) is 40.2 Å². The van der Waals surface area contributed by atoms with Gasteiger partial charge in [-0.3, -0.25) is 5.01 Å². The second-order valence-electron chi connectivity index (χ2n) is 7.00. The Morgan fingerprint density at radius 2 is 1.77 bits per heavy atom. The molecular formula is C22H21BrN3O3S+. The summed E-state index contributed by atoms with van der Waals surface area (Å²) >= 11 is 3.49. The van der Waals surface area contributed by atoms with Gasteiger partial charge in [-0.05, 0) is 54.1 Å². The topological polar surface area (TPSA) is 86.6 Å². The largest absolute Gasteiger partial charge is 0.497 e. The van der Waals surface area contributed by atoms with Gasteiger partial charge in [0.15, 0.2) is 0 Å². The molecule has 1 atom stereocenters. The summed E-state index contributed by atoms with van der Waals surface area (Å²) in [5, 5.41) is 10.1. The van der Waals surface area contributed by atoms with Crippen molar-refractivity contribution in [2.24, 2.45) is 5.10 Å². The third kappa shape index (κ3) is 4.26. The standard InChI is InChI=1S/C22H20BrN3O3S/c1-29-19-4-2-3-16(13-19)21-14-22(15-5-7-17(23)8-6-15)26(25-21)18-9-11-20(12-10-18)30(24,27)28/h2-13,22H,14H2,1H3,(H2,24,27,28)/p+1. The Balaban J connectivity index is 1.75. The number of anilines is 1. The summed E-state index contributed by atoms with van der Waals surface area (Å²) in [5.41, 5.74) is 3.87. The van der Waals surface area contributed by atoms with E-state index in [1.165, 1.54) is 0 Å². The van der Waals surface area contributed by atoms with Crippen LogP contribution in [0.3, 0.4) is 0 Å². The first-order valence-corrected chi connectivity index (χ1v) is 11.7. The van der Waals surface area contributed by atoms with E-state index in [0.717, 1.165) is 32.7 Å². The molecule has 6 nitrogen and oxygen atoms in total. The van der Waals surface area contributed by atoms with Gasteiger partial charge in [0.05, 0.1) is 24.6 Å². The van der Waals surface area contributed by atoms with Gasteiger partial charge >= 0.3 is 10.0 Å². The van der Waals surface area contributed by atoms with Crippen LogP contribution in [-0.2, 0) is 10.0 Å². The molecule has 0 spiro atoms. The molecule has 0 amide bonds. The van der Waals surface area contributed by atoms with Gasteiger partial charge < -0.3 is 4.74 Å². The third-order valence-electron chi connectivity index (χ3n) is 5.03. The number of hydrogen-bond donors (Lipinski definition) is 1. The lowest BCUT2D eigenvalue weighted by atomic mass is 9.98. The van der Waals surface area contributed by atoms with Crippen LogP contribution in [0.15, 0.2) is 87.3 Å². The fourth-order valence-electron chi connectivity index (χ4n) is 3.48. The SMILES string of the molecule is COc1cccc(C2=NN(c3ccc(S([NH3+])(=O)=O)cc3)C(c3ccc(Br)cc3)C2)c1. The molecule has 4 rings (SSSR count). The molecule has 8 heteroatoms. The highest BCUT2D eigenvalue weighted by atomic mass is 79.9. The van der Waals surface area contributed by atoms with Crippen LogP contribution in [0.4, 0.5) is 5.69 Å². The number of methoxy groups -OCH3 is 1.